The van der Waals surface area contributed by atoms with E-state index in [2.05, 4.69) is 0 Å². The third-order valence-corrected chi connectivity index (χ3v) is 2.40. The van der Waals surface area contributed by atoms with Gasteiger partial charge in [-0.25, -0.2) is 0 Å². The van der Waals surface area contributed by atoms with E-state index in [4.69, 9.17) is 9.68 Å². The second kappa shape index (κ2) is 4.10. The summed E-state index contributed by atoms with van der Waals surface area (Å²) in [5, 5.41) is 19.2. The zero-order valence-electron chi connectivity index (χ0n) is 9.01. The van der Waals surface area contributed by atoms with Gasteiger partial charge in [-0.15, -0.1) is 0 Å². The van der Waals surface area contributed by atoms with Gasteiger partial charge in [-0.1, -0.05) is 0 Å². The average Bonchev–Trinajstić information content (AvgIpc) is 2.77. The van der Waals surface area contributed by atoms with Crippen molar-refractivity contribution in [2.75, 3.05) is 0 Å². The maximum Gasteiger partial charge on any atom is 0.269 e. The molecule has 0 fully saturated rings. The zero-order chi connectivity index (χ0) is 12.4. The van der Waals surface area contributed by atoms with Crippen molar-refractivity contribution in [1.29, 1.82) is 5.26 Å². The Balaban J connectivity index is 2.47. The topological polar surface area (TPSA) is 80.1 Å². The second-order valence-electron chi connectivity index (χ2n) is 3.53. The Kier molecular flexibility index (Phi) is 2.63. The molecule has 0 bridgehead atoms. The van der Waals surface area contributed by atoms with Crippen LogP contribution in [-0.4, -0.2) is 4.92 Å². The van der Waals surface area contributed by atoms with E-state index in [1.807, 2.05) is 6.07 Å². The third-order valence-electron chi connectivity index (χ3n) is 2.40. The van der Waals surface area contributed by atoms with E-state index < -0.39 is 4.92 Å². The second-order valence-corrected chi connectivity index (χ2v) is 3.53. The van der Waals surface area contributed by atoms with Gasteiger partial charge in [0, 0.05) is 17.7 Å². The molecule has 1 aromatic heterocycles. The van der Waals surface area contributed by atoms with Crippen LogP contribution in [0.4, 0.5) is 5.69 Å². The largest absolute Gasteiger partial charge is 0.446 e. The molecule has 0 N–H and O–H groups in total. The van der Waals surface area contributed by atoms with Gasteiger partial charge in [-0.3, -0.25) is 10.1 Å². The number of nitro benzene ring substituents is 1. The fraction of sp³-hybridized carbons (Fsp3) is 0.0833. The predicted octanol–water partition coefficient (Wildman–Crippen LogP) is 3.03. The number of hydrogen-bond donors (Lipinski definition) is 0. The average molecular weight is 228 g/mol. The van der Waals surface area contributed by atoms with Crippen molar-refractivity contribution in [2.45, 2.75) is 6.92 Å². The fourth-order valence-corrected chi connectivity index (χ4v) is 1.58. The molecular formula is C12H8N2O3. The van der Waals surface area contributed by atoms with Gasteiger partial charge in [0.1, 0.15) is 11.8 Å². The lowest BCUT2D eigenvalue weighted by atomic mass is 10.1. The molecule has 5 nitrogen and oxygen atoms in total. The molecule has 0 atom stereocenters. The van der Waals surface area contributed by atoms with Crippen molar-refractivity contribution in [3.05, 3.63) is 51.8 Å². The van der Waals surface area contributed by atoms with Gasteiger partial charge in [-0.2, -0.15) is 5.26 Å². The summed E-state index contributed by atoms with van der Waals surface area (Å²) in [6, 6.07) is 9.64. The first-order valence-electron chi connectivity index (χ1n) is 4.87. The van der Waals surface area contributed by atoms with Gasteiger partial charge in [0.05, 0.1) is 4.92 Å². The summed E-state index contributed by atoms with van der Waals surface area (Å²) in [4.78, 5) is 10.1. The number of non-ortho nitro benzene ring substituents is 1. The Morgan fingerprint density at radius 2 is 2.12 bits per heavy atom. The first-order valence-corrected chi connectivity index (χ1v) is 4.87. The Hall–Kier alpha value is -2.61. The van der Waals surface area contributed by atoms with E-state index >= 15 is 0 Å². The van der Waals surface area contributed by atoms with Gasteiger partial charge in [-0.05, 0) is 30.7 Å². The number of rotatable bonds is 2. The summed E-state index contributed by atoms with van der Waals surface area (Å²) in [5.41, 5.74) is 1.52. The van der Waals surface area contributed by atoms with Crippen LogP contribution in [0.3, 0.4) is 0 Å². The van der Waals surface area contributed by atoms with Crippen molar-refractivity contribution in [1.82, 2.24) is 0 Å². The van der Waals surface area contributed by atoms with E-state index in [0.29, 0.717) is 5.76 Å². The van der Waals surface area contributed by atoms with E-state index in [0.717, 1.165) is 11.1 Å². The normalized spacial score (nSPS) is 9.88. The highest BCUT2D eigenvalue weighted by atomic mass is 16.6. The highest BCUT2D eigenvalue weighted by molar-refractivity contribution is 5.64. The van der Waals surface area contributed by atoms with Crippen molar-refractivity contribution in [3.8, 4) is 17.4 Å². The molecular weight excluding hydrogens is 220 g/mol. The Morgan fingerprint density at radius 1 is 1.35 bits per heavy atom. The molecule has 0 spiro atoms. The summed E-state index contributed by atoms with van der Waals surface area (Å²) in [5.74, 6) is 0.756. The van der Waals surface area contributed by atoms with Crippen molar-refractivity contribution >= 4 is 5.69 Å². The number of nitro groups is 1. The summed E-state index contributed by atoms with van der Waals surface area (Å²) in [7, 11) is 0. The lowest BCUT2D eigenvalue weighted by Gasteiger charge is -2.01. The Morgan fingerprint density at radius 3 is 2.65 bits per heavy atom. The summed E-state index contributed by atoms with van der Waals surface area (Å²) in [6.07, 6.45) is 0. The quantitative estimate of drug-likeness (QED) is 0.584. The first-order chi connectivity index (χ1) is 8.11. The molecule has 17 heavy (non-hydrogen) atoms. The van der Waals surface area contributed by atoms with Crippen LogP contribution in [0.25, 0.3) is 11.3 Å². The van der Waals surface area contributed by atoms with Gasteiger partial charge < -0.3 is 4.42 Å². The molecule has 84 valence electrons. The minimum Gasteiger partial charge on any atom is -0.446 e. The van der Waals surface area contributed by atoms with Crippen LogP contribution in [0.15, 0.2) is 34.7 Å². The number of aryl methyl sites for hydroxylation is 1. The van der Waals surface area contributed by atoms with Crippen molar-refractivity contribution in [3.63, 3.8) is 0 Å². The van der Waals surface area contributed by atoms with Gasteiger partial charge >= 0.3 is 0 Å². The highest BCUT2D eigenvalue weighted by Crippen LogP contribution is 2.28. The van der Waals surface area contributed by atoms with Crippen molar-refractivity contribution in [2.24, 2.45) is 0 Å². The highest BCUT2D eigenvalue weighted by Gasteiger charge is 2.11. The molecule has 0 saturated heterocycles. The molecule has 2 rings (SSSR count). The number of benzene rings is 1. The number of hydrogen-bond acceptors (Lipinski definition) is 4. The van der Waals surface area contributed by atoms with Gasteiger partial charge in [0.2, 0.25) is 5.76 Å². The van der Waals surface area contributed by atoms with Crippen LogP contribution >= 0.6 is 0 Å². The van der Waals surface area contributed by atoms with E-state index in [1.165, 1.54) is 12.1 Å². The predicted molar refractivity (Wildman–Crippen MR) is 60.3 cm³/mol. The standard InChI is InChI=1S/C12H8N2O3/c1-8-6-9(14(15)16)2-4-11(8)12-5-3-10(7-13)17-12/h2-6H,1H3. The minimum atomic E-state index is -0.445. The SMILES string of the molecule is Cc1cc([N+](=O)[O-])ccc1-c1ccc(C#N)o1. The van der Waals surface area contributed by atoms with E-state index in [-0.39, 0.29) is 11.4 Å². The van der Waals surface area contributed by atoms with E-state index in [1.54, 1.807) is 25.1 Å². The summed E-state index contributed by atoms with van der Waals surface area (Å²) >= 11 is 0. The Labute approximate surface area is 97.1 Å². The first kappa shape index (κ1) is 10.9. The molecule has 0 radical (unpaired) electrons. The summed E-state index contributed by atoms with van der Waals surface area (Å²) < 4.78 is 5.27. The van der Waals surface area contributed by atoms with E-state index in [9.17, 15) is 10.1 Å². The van der Waals surface area contributed by atoms with Gasteiger partial charge in [0.25, 0.3) is 5.69 Å². The van der Waals surface area contributed by atoms with Crippen LogP contribution in [-0.2, 0) is 0 Å². The van der Waals surface area contributed by atoms with Gasteiger partial charge in [0.15, 0.2) is 0 Å². The Bertz CT molecular complexity index is 623. The van der Waals surface area contributed by atoms with Crippen LogP contribution in [0.5, 0.6) is 0 Å². The van der Waals surface area contributed by atoms with Crippen LogP contribution < -0.4 is 0 Å². The molecule has 5 heteroatoms. The lowest BCUT2D eigenvalue weighted by molar-refractivity contribution is -0.384. The lowest BCUT2D eigenvalue weighted by Crippen LogP contribution is -1.89. The molecule has 0 amide bonds. The molecule has 0 aliphatic heterocycles. The molecule has 1 aromatic carbocycles. The molecule has 2 aromatic rings. The fourth-order valence-electron chi connectivity index (χ4n) is 1.58. The maximum atomic E-state index is 10.6. The molecule has 0 aliphatic carbocycles. The monoisotopic (exact) mass is 228 g/mol. The summed E-state index contributed by atoms with van der Waals surface area (Å²) in [6.45, 7) is 1.76. The number of nitrogens with zero attached hydrogens (tertiary/aromatic N) is 2. The molecule has 0 saturated carbocycles. The molecule has 0 unspecified atom stereocenters. The number of nitriles is 1. The van der Waals surface area contributed by atoms with Crippen molar-refractivity contribution < 1.29 is 9.34 Å². The van der Waals surface area contributed by atoms with Crippen LogP contribution in [0.1, 0.15) is 11.3 Å². The molecule has 1 heterocycles. The maximum absolute atomic E-state index is 10.6. The van der Waals surface area contributed by atoms with Crippen LogP contribution in [0, 0.1) is 28.4 Å². The zero-order valence-corrected chi connectivity index (χ0v) is 9.01. The minimum absolute atomic E-state index is 0.0401. The third kappa shape index (κ3) is 2.01. The molecule has 0 aliphatic rings. The van der Waals surface area contributed by atoms with Crippen LogP contribution in [0.2, 0.25) is 0 Å². The number of furan rings is 1. The smallest absolute Gasteiger partial charge is 0.269 e.